The number of unbranched alkanes of at least 4 members (excludes halogenated alkanes) is 28. The van der Waals surface area contributed by atoms with Gasteiger partial charge < -0.3 is 0 Å². The van der Waals surface area contributed by atoms with Crippen molar-refractivity contribution in [2.75, 3.05) is 0 Å². The van der Waals surface area contributed by atoms with Crippen LogP contribution in [0.5, 0.6) is 0 Å². The van der Waals surface area contributed by atoms with Crippen molar-refractivity contribution in [2.24, 2.45) is 0 Å². The molecule has 0 aliphatic carbocycles. The highest BCUT2D eigenvalue weighted by molar-refractivity contribution is 5.68. The Morgan fingerprint density at radius 2 is 0.540 bits per heavy atom. The van der Waals surface area contributed by atoms with E-state index < -0.39 is 11.2 Å². The molecule has 0 unspecified atom stereocenters. The highest BCUT2D eigenvalue weighted by Gasteiger charge is 2.29. The number of hydrogen-bond acceptors (Lipinski definition) is 6. The van der Waals surface area contributed by atoms with Gasteiger partial charge in [0.2, 0.25) is 0 Å². The minimum absolute atomic E-state index is 0.309. The predicted molar refractivity (Wildman–Crippen MR) is 211 cm³/mol. The molecule has 0 aliphatic heterocycles. The van der Waals surface area contributed by atoms with Crippen molar-refractivity contribution in [3.63, 3.8) is 0 Å². The van der Waals surface area contributed by atoms with Crippen LogP contribution in [0.15, 0.2) is 0 Å². The number of carbonyl (C=O) groups excluding carboxylic acids is 2. The molecule has 6 heteroatoms. The monoisotopic (exact) mass is 711 g/mol. The lowest BCUT2D eigenvalue weighted by Gasteiger charge is -2.28. The Morgan fingerprint density at radius 1 is 0.340 bits per heavy atom. The maximum absolute atomic E-state index is 12.2. The third kappa shape index (κ3) is 36.6. The molecule has 298 valence electrons. The zero-order valence-electron chi connectivity index (χ0n) is 34.5. The van der Waals surface area contributed by atoms with Crippen molar-refractivity contribution in [3.05, 3.63) is 0 Å². The zero-order chi connectivity index (χ0) is 37.0. The molecule has 0 amide bonds. The summed E-state index contributed by atoms with van der Waals surface area (Å²) < 4.78 is 0. The molecule has 0 bridgehead atoms. The van der Waals surface area contributed by atoms with Gasteiger partial charge in [-0.2, -0.15) is 9.78 Å². The molecule has 0 heterocycles. The van der Waals surface area contributed by atoms with Gasteiger partial charge >= 0.3 is 11.9 Å². The Morgan fingerprint density at radius 3 is 0.760 bits per heavy atom. The van der Waals surface area contributed by atoms with Gasteiger partial charge in [0, 0.05) is 12.8 Å². The Hall–Kier alpha value is -1.14. The van der Waals surface area contributed by atoms with Gasteiger partial charge in [0.15, 0.2) is 0 Å². The molecular formula is C44H86O6. The van der Waals surface area contributed by atoms with Crippen LogP contribution in [-0.4, -0.2) is 23.1 Å². The normalized spacial score (nSPS) is 12.0. The highest BCUT2D eigenvalue weighted by atomic mass is 17.2. The molecule has 6 nitrogen and oxygen atoms in total. The van der Waals surface area contributed by atoms with Crippen molar-refractivity contribution in [3.8, 4) is 0 Å². The van der Waals surface area contributed by atoms with Gasteiger partial charge in [0.1, 0.15) is 11.2 Å². The fraction of sp³-hybridized carbons (Fsp3) is 0.955. The molecule has 0 N–H and O–H groups in total. The Kier molecular flexibility index (Phi) is 34.1. The summed E-state index contributed by atoms with van der Waals surface area (Å²) in [4.78, 5) is 45.8. The van der Waals surface area contributed by atoms with Crippen molar-refractivity contribution < 1.29 is 29.1 Å². The third-order valence-corrected chi connectivity index (χ3v) is 10.0. The number of hydrogen-bond donors (Lipinski definition) is 0. The second-order valence-electron chi connectivity index (χ2n) is 16.5. The average Bonchev–Trinajstić information content (AvgIpc) is 3.09. The van der Waals surface area contributed by atoms with Gasteiger partial charge in [-0.3, -0.25) is 9.78 Å². The maximum atomic E-state index is 12.2. The average molecular weight is 711 g/mol. The molecule has 0 aromatic carbocycles. The largest absolute Gasteiger partial charge is 0.342 e. The first kappa shape index (κ1) is 48.9. The molecule has 0 rings (SSSR count). The first-order chi connectivity index (χ1) is 24.1. The Bertz CT molecular complexity index is 687. The van der Waals surface area contributed by atoms with Crippen LogP contribution in [0.1, 0.15) is 260 Å². The summed E-state index contributed by atoms with van der Waals surface area (Å²) in [6.45, 7) is 12.1. The molecule has 0 aliphatic rings. The lowest BCUT2D eigenvalue weighted by Crippen LogP contribution is -2.32. The van der Waals surface area contributed by atoms with E-state index in [4.69, 9.17) is 19.6 Å². The van der Waals surface area contributed by atoms with Gasteiger partial charge in [-0.15, -0.1) is 0 Å². The zero-order valence-corrected chi connectivity index (χ0v) is 34.5. The molecule has 0 saturated carbocycles. The minimum Gasteiger partial charge on any atom is -0.298 e. The van der Waals surface area contributed by atoms with Crippen LogP contribution in [0.4, 0.5) is 0 Å². The quantitative estimate of drug-likeness (QED) is 0.0359. The van der Waals surface area contributed by atoms with E-state index in [1.165, 1.54) is 167 Å². The summed E-state index contributed by atoms with van der Waals surface area (Å²) in [5.41, 5.74) is -1.33. The highest BCUT2D eigenvalue weighted by Crippen LogP contribution is 2.26. The molecule has 0 radical (unpaired) electrons. The molecule has 0 fully saturated rings. The molecular weight excluding hydrogens is 624 g/mol. The fourth-order valence-electron chi connectivity index (χ4n) is 6.37. The van der Waals surface area contributed by atoms with Gasteiger partial charge in [-0.1, -0.05) is 194 Å². The number of carbonyl (C=O) groups is 2. The second kappa shape index (κ2) is 34.9. The number of rotatable bonds is 39. The van der Waals surface area contributed by atoms with Crippen LogP contribution in [0.3, 0.4) is 0 Å². The van der Waals surface area contributed by atoms with Crippen LogP contribution in [0.2, 0.25) is 0 Å². The molecule has 0 atom stereocenters. The Labute approximate surface area is 311 Å². The van der Waals surface area contributed by atoms with E-state index in [1.807, 2.05) is 27.7 Å². The van der Waals surface area contributed by atoms with E-state index in [-0.39, 0.29) is 11.9 Å². The summed E-state index contributed by atoms with van der Waals surface area (Å²) in [5, 5.41) is 0. The predicted octanol–water partition coefficient (Wildman–Crippen LogP) is 14.8. The van der Waals surface area contributed by atoms with E-state index in [0.29, 0.717) is 25.7 Å². The molecule has 0 aromatic rings. The molecule has 0 spiro atoms. The standard InChI is InChI=1S/C44H86O6/c1-7-9-11-13-15-17-19-21-23-25-27-29-31-33-35-37-41(45)47-49-43(3,4)39-40-44(5,6)50-48-42(46)38-36-34-32-30-28-26-24-22-20-18-16-14-12-10-8-2/h7-40H2,1-6H3. The summed E-state index contributed by atoms with van der Waals surface area (Å²) >= 11 is 0. The first-order valence-corrected chi connectivity index (χ1v) is 21.9. The van der Waals surface area contributed by atoms with Crippen molar-refractivity contribution in [1.29, 1.82) is 0 Å². The van der Waals surface area contributed by atoms with Gasteiger partial charge in [0.05, 0.1) is 0 Å². The topological polar surface area (TPSA) is 71.1 Å². The van der Waals surface area contributed by atoms with Crippen LogP contribution in [-0.2, 0) is 29.1 Å². The Balaban J connectivity index is 3.69. The third-order valence-electron chi connectivity index (χ3n) is 10.0. The first-order valence-electron chi connectivity index (χ1n) is 21.9. The van der Waals surface area contributed by atoms with E-state index in [0.717, 1.165) is 25.7 Å². The van der Waals surface area contributed by atoms with Crippen LogP contribution in [0.25, 0.3) is 0 Å². The van der Waals surface area contributed by atoms with Crippen molar-refractivity contribution >= 4 is 11.9 Å². The summed E-state index contributed by atoms with van der Waals surface area (Å²) in [7, 11) is 0. The lowest BCUT2D eigenvalue weighted by molar-refractivity contribution is -0.340. The van der Waals surface area contributed by atoms with E-state index in [2.05, 4.69) is 13.8 Å². The molecule has 0 saturated heterocycles. The molecule has 0 aromatic heterocycles. The van der Waals surface area contributed by atoms with E-state index in [9.17, 15) is 9.59 Å². The van der Waals surface area contributed by atoms with Crippen LogP contribution >= 0.6 is 0 Å². The van der Waals surface area contributed by atoms with Crippen LogP contribution < -0.4 is 0 Å². The maximum Gasteiger partial charge on any atom is 0.342 e. The van der Waals surface area contributed by atoms with Gasteiger partial charge in [0.25, 0.3) is 0 Å². The summed E-state index contributed by atoms with van der Waals surface area (Å²) in [5.74, 6) is -0.618. The molecule has 50 heavy (non-hydrogen) atoms. The summed E-state index contributed by atoms with van der Waals surface area (Å²) in [6, 6.07) is 0. The van der Waals surface area contributed by atoms with Crippen molar-refractivity contribution in [2.45, 2.75) is 271 Å². The lowest BCUT2D eigenvalue weighted by atomic mass is 9.94. The minimum atomic E-state index is -0.663. The van der Waals surface area contributed by atoms with Gasteiger partial charge in [-0.25, -0.2) is 9.59 Å². The fourth-order valence-corrected chi connectivity index (χ4v) is 6.37. The second-order valence-corrected chi connectivity index (χ2v) is 16.5. The van der Waals surface area contributed by atoms with Crippen LogP contribution in [0, 0.1) is 0 Å². The smallest absolute Gasteiger partial charge is 0.298 e. The van der Waals surface area contributed by atoms with Gasteiger partial charge in [-0.05, 0) is 53.4 Å². The van der Waals surface area contributed by atoms with E-state index >= 15 is 0 Å². The van der Waals surface area contributed by atoms with E-state index in [1.54, 1.807) is 0 Å². The van der Waals surface area contributed by atoms with Crippen molar-refractivity contribution in [1.82, 2.24) is 0 Å². The summed E-state index contributed by atoms with van der Waals surface area (Å²) in [6.07, 6.45) is 40.9. The SMILES string of the molecule is CCCCCCCCCCCCCCCCCC(=O)OOC(C)(C)CCC(C)(C)OOC(=O)CCCCCCCCCCCCCCCCC.